The summed E-state index contributed by atoms with van der Waals surface area (Å²) >= 11 is 0. The Bertz CT molecular complexity index is 1260. The van der Waals surface area contributed by atoms with E-state index in [0.717, 1.165) is 16.9 Å². The number of carbonyl (C=O) groups excluding carboxylic acids is 1. The molecular weight excluding hydrogens is 454 g/mol. The van der Waals surface area contributed by atoms with Gasteiger partial charge in [0.25, 0.3) is 0 Å². The van der Waals surface area contributed by atoms with Crippen molar-refractivity contribution in [2.45, 2.75) is 17.0 Å². The predicted molar refractivity (Wildman–Crippen MR) is 129 cm³/mol. The van der Waals surface area contributed by atoms with Gasteiger partial charge in [-0.25, -0.2) is 8.42 Å². The summed E-state index contributed by atoms with van der Waals surface area (Å²) in [7, 11) is 0.0238. The number of sulfonamides is 1. The molecule has 0 amide bonds. The van der Waals surface area contributed by atoms with E-state index in [0.29, 0.717) is 5.56 Å². The van der Waals surface area contributed by atoms with Crippen molar-refractivity contribution in [1.82, 2.24) is 4.72 Å². The Labute approximate surface area is 199 Å². The summed E-state index contributed by atoms with van der Waals surface area (Å²) < 4.78 is 43.8. The summed E-state index contributed by atoms with van der Waals surface area (Å²) in [4.78, 5) is 12.4. The van der Waals surface area contributed by atoms with Crippen LogP contribution < -0.4 is 9.46 Å². The van der Waals surface area contributed by atoms with Crippen molar-refractivity contribution in [3.63, 3.8) is 0 Å². The second-order valence-corrected chi connectivity index (χ2v) is 8.88. The number of carbonyl (C=O) groups is 1. The van der Waals surface area contributed by atoms with Crippen LogP contribution in [0.3, 0.4) is 0 Å². The number of nitrogens with one attached hydrogen (secondary N) is 1. The third-order valence-electron chi connectivity index (χ3n) is 5.01. The number of benzene rings is 3. The van der Waals surface area contributed by atoms with Crippen LogP contribution in [0.2, 0.25) is 0 Å². The van der Waals surface area contributed by atoms with Crippen molar-refractivity contribution in [3.05, 3.63) is 84.4 Å². The van der Waals surface area contributed by atoms with E-state index < -0.39 is 28.1 Å². The molecule has 0 fully saturated rings. The molecule has 0 spiro atoms. The van der Waals surface area contributed by atoms with Crippen LogP contribution in [0.15, 0.2) is 83.8 Å². The zero-order valence-corrected chi connectivity index (χ0v) is 19.8. The maximum absolute atomic E-state index is 13.0. The number of ether oxygens (including phenoxy) is 3. The molecule has 3 rings (SSSR count). The summed E-state index contributed by atoms with van der Waals surface area (Å²) in [5.74, 6) is 5.61. The number of hydrogen-bond donors (Lipinski definition) is 1. The first-order valence-corrected chi connectivity index (χ1v) is 11.8. The van der Waals surface area contributed by atoms with Gasteiger partial charge in [0.1, 0.15) is 11.9 Å². The molecule has 0 aliphatic carbocycles. The van der Waals surface area contributed by atoms with Crippen LogP contribution in [-0.4, -0.2) is 47.9 Å². The second kappa shape index (κ2) is 11.5. The van der Waals surface area contributed by atoms with E-state index in [9.17, 15) is 13.2 Å². The van der Waals surface area contributed by atoms with Crippen molar-refractivity contribution in [2.75, 3.05) is 21.3 Å². The average molecular weight is 480 g/mol. The van der Waals surface area contributed by atoms with Gasteiger partial charge < -0.3 is 14.2 Å². The molecule has 0 saturated carbocycles. The highest BCUT2D eigenvalue weighted by Gasteiger charge is 2.33. The summed E-state index contributed by atoms with van der Waals surface area (Å²) in [6, 6.07) is 21.4. The van der Waals surface area contributed by atoms with Gasteiger partial charge in [0, 0.05) is 12.7 Å². The Morgan fingerprint density at radius 2 is 1.44 bits per heavy atom. The molecule has 8 heteroatoms. The van der Waals surface area contributed by atoms with Gasteiger partial charge in [-0.3, -0.25) is 4.79 Å². The first-order chi connectivity index (χ1) is 16.4. The molecule has 0 saturated heterocycles. The highest BCUT2D eigenvalue weighted by molar-refractivity contribution is 7.89. The van der Waals surface area contributed by atoms with Crippen molar-refractivity contribution >= 4 is 16.0 Å². The van der Waals surface area contributed by atoms with Crippen molar-refractivity contribution < 1.29 is 27.4 Å². The van der Waals surface area contributed by atoms with Gasteiger partial charge in [-0.1, -0.05) is 54.3 Å². The van der Waals surface area contributed by atoms with Gasteiger partial charge in [0.05, 0.1) is 19.1 Å². The van der Waals surface area contributed by atoms with E-state index in [4.69, 9.17) is 14.2 Å². The van der Waals surface area contributed by atoms with E-state index in [1.165, 1.54) is 26.4 Å². The fraction of sp³-hybridized carbons (Fsp3) is 0.192. The molecule has 0 aromatic heterocycles. The third-order valence-corrected chi connectivity index (χ3v) is 6.47. The van der Waals surface area contributed by atoms with Crippen LogP contribution in [0.5, 0.6) is 5.75 Å². The first-order valence-electron chi connectivity index (χ1n) is 10.3. The van der Waals surface area contributed by atoms with Gasteiger partial charge in [-0.05, 0) is 47.5 Å². The van der Waals surface area contributed by atoms with E-state index in [-0.39, 0.29) is 4.90 Å². The number of methoxy groups -OCH3 is 3. The molecule has 0 aliphatic heterocycles. The fourth-order valence-corrected chi connectivity index (χ4v) is 4.34. The molecule has 0 unspecified atom stereocenters. The smallest absolute Gasteiger partial charge is 0.327 e. The predicted octanol–water partition coefficient (Wildman–Crippen LogP) is 3.25. The van der Waals surface area contributed by atoms with E-state index in [1.807, 2.05) is 42.5 Å². The summed E-state index contributed by atoms with van der Waals surface area (Å²) in [5.41, 5.74) is 2.43. The van der Waals surface area contributed by atoms with Gasteiger partial charge in [0.2, 0.25) is 10.0 Å². The first kappa shape index (κ1) is 25.0. The van der Waals surface area contributed by atoms with Gasteiger partial charge in [-0.15, -0.1) is 0 Å². The highest BCUT2D eigenvalue weighted by atomic mass is 32.2. The fourth-order valence-electron chi connectivity index (χ4n) is 3.16. The highest BCUT2D eigenvalue weighted by Crippen LogP contribution is 2.24. The SMILES string of the molecule is COC(=O)[C@H](NS(=O)(=O)c1ccc(-c2ccc(OC)cc2)cc1)[C@@H](C#Cc1ccccc1)OC. The summed E-state index contributed by atoms with van der Waals surface area (Å²) in [5, 5.41) is 0. The quantitative estimate of drug-likeness (QED) is 0.394. The molecule has 0 radical (unpaired) electrons. The molecule has 0 aliphatic rings. The normalized spacial score (nSPS) is 12.7. The lowest BCUT2D eigenvalue weighted by Crippen LogP contribution is -2.49. The molecule has 176 valence electrons. The molecule has 34 heavy (non-hydrogen) atoms. The topological polar surface area (TPSA) is 90.9 Å². The van der Waals surface area contributed by atoms with Crippen molar-refractivity contribution in [2.24, 2.45) is 0 Å². The van der Waals surface area contributed by atoms with Crippen LogP contribution in [0, 0.1) is 11.8 Å². The molecule has 0 heterocycles. The average Bonchev–Trinajstić information content (AvgIpc) is 2.88. The van der Waals surface area contributed by atoms with Gasteiger partial charge >= 0.3 is 5.97 Å². The second-order valence-electron chi connectivity index (χ2n) is 7.17. The lowest BCUT2D eigenvalue weighted by atomic mass is 10.1. The van der Waals surface area contributed by atoms with E-state index >= 15 is 0 Å². The third kappa shape index (κ3) is 6.23. The maximum atomic E-state index is 13.0. The Hall–Kier alpha value is -3.64. The van der Waals surface area contributed by atoms with E-state index in [2.05, 4.69) is 16.6 Å². The largest absolute Gasteiger partial charge is 0.497 e. The lowest BCUT2D eigenvalue weighted by molar-refractivity contribution is -0.145. The van der Waals surface area contributed by atoms with Crippen LogP contribution in [-0.2, 0) is 24.3 Å². The minimum atomic E-state index is -4.08. The molecular formula is C26H25NO6S. The molecule has 2 atom stereocenters. The standard InChI is InChI=1S/C26H25NO6S/c1-31-22-14-10-20(11-15-22)21-12-16-23(17-13-21)34(29,30)27-25(26(28)33-3)24(32-2)18-9-19-7-5-4-6-8-19/h4-8,10-17,24-25,27H,1-3H3/t24-,25-/m1/s1. The molecule has 1 N–H and O–H groups in total. The Kier molecular flexibility index (Phi) is 8.44. The van der Waals surface area contributed by atoms with E-state index in [1.54, 1.807) is 31.4 Å². The minimum absolute atomic E-state index is 0.00969. The molecule has 7 nitrogen and oxygen atoms in total. The monoisotopic (exact) mass is 479 g/mol. The Morgan fingerprint density at radius 1 is 0.853 bits per heavy atom. The molecule has 3 aromatic carbocycles. The molecule has 0 bridgehead atoms. The number of rotatable bonds is 8. The zero-order valence-electron chi connectivity index (χ0n) is 19.0. The van der Waals surface area contributed by atoms with Crippen LogP contribution in [0.1, 0.15) is 5.56 Å². The van der Waals surface area contributed by atoms with Crippen LogP contribution in [0.25, 0.3) is 11.1 Å². The van der Waals surface area contributed by atoms with Crippen LogP contribution >= 0.6 is 0 Å². The lowest BCUT2D eigenvalue weighted by Gasteiger charge is -2.21. The van der Waals surface area contributed by atoms with Crippen molar-refractivity contribution in [3.8, 4) is 28.7 Å². The van der Waals surface area contributed by atoms with Crippen molar-refractivity contribution in [1.29, 1.82) is 0 Å². The van der Waals surface area contributed by atoms with Gasteiger partial charge in [-0.2, -0.15) is 4.72 Å². The maximum Gasteiger partial charge on any atom is 0.327 e. The number of hydrogen-bond acceptors (Lipinski definition) is 6. The minimum Gasteiger partial charge on any atom is -0.497 e. The Morgan fingerprint density at radius 3 is 1.97 bits per heavy atom. The zero-order chi connectivity index (χ0) is 24.6. The van der Waals surface area contributed by atoms with Gasteiger partial charge in [0.15, 0.2) is 6.04 Å². The molecule has 3 aromatic rings. The summed E-state index contributed by atoms with van der Waals surface area (Å²) in [6.07, 6.45) is -1.07. The van der Waals surface area contributed by atoms with Crippen LogP contribution in [0.4, 0.5) is 0 Å². The Balaban J connectivity index is 1.84. The summed E-state index contributed by atoms with van der Waals surface area (Å²) in [6.45, 7) is 0. The number of esters is 1.